The minimum atomic E-state index is 0.238. The van der Waals surface area contributed by atoms with Gasteiger partial charge in [-0.3, -0.25) is 0 Å². The first-order valence-corrected chi connectivity index (χ1v) is 5.74. The summed E-state index contributed by atoms with van der Waals surface area (Å²) in [6, 6.07) is 6.95. The quantitative estimate of drug-likeness (QED) is 0.800. The van der Waals surface area contributed by atoms with Crippen LogP contribution in [0.4, 0.5) is 5.69 Å². The van der Waals surface area contributed by atoms with Gasteiger partial charge in [-0.25, -0.2) is 0 Å². The standard InChI is InChI=1S/C13H20N2/c1-4-15-8-12(10(3)14)11-7-9(2)5-6-13(11)15/h5-7,10,12H,4,8,14H2,1-3H3. The molecule has 1 aromatic rings. The smallest absolute Gasteiger partial charge is 0.0403 e. The summed E-state index contributed by atoms with van der Waals surface area (Å²) in [5, 5.41) is 0. The van der Waals surface area contributed by atoms with Gasteiger partial charge in [-0.1, -0.05) is 17.7 Å². The van der Waals surface area contributed by atoms with Crippen molar-refractivity contribution in [2.24, 2.45) is 5.73 Å². The average Bonchev–Trinajstić information content (AvgIpc) is 2.55. The third kappa shape index (κ3) is 1.74. The van der Waals surface area contributed by atoms with Crippen LogP contribution in [-0.4, -0.2) is 19.1 Å². The molecule has 15 heavy (non-hydrogen) atoms. The van der Waals surface area contributed by atoms with E-state index in [4.69, 9.17) is 5.73 Å². The highest BCUT2D eigenvalue weighted by molar-refractivity contribution is 5.61. The van der Waals surface area contributed by atoms with E-state index in [2.05, 4.69) is 43.9 Å². The molecule has 1 aromatic carbocycles. The first kappa shape index (κ1) is 10.5. The van der Waals surface area contributed by atoms with Crippen LogP contribution in [0.15, 0.2) is 18.2 Å². The predicted octanol–water partition coefficient (Wildman–Crippen LogP) is 2.27. The molecule has 0 saturated heterocycles. The number of benzene rings is 1. The number of likely N-dealkylation sites (N-methyl/N-ethyl adjacent to an activating group) is 1. The summed E-state index contributed by atoms with van der Waals surface area (Å²) in [7, 11) is 0. The lowest BCUT2D eigenvalue weighted by molar-refractivity contribution is 0.586. The molecule has 0 fully saturated rings. The Morgan fingerprint density at radius 3 is 2.87 bits per heavy atom. The summed E-state index contributed by atoms with van der Waals surface area (Å²) in [5.74, 6) is 0.500. The number of anilines is 1. The molecule has 0 aromatic heterocycles. The van der Waals surface area contributed by atoms with Crippen LogP contribution < -0.4 is 10.6 Å². The van der Waals surface area contributed by atoms with Crippen molar-refractivity contribution < 1.29 is 0 Å². The molecule has 0 saturated carbocycles. The van der Waals surface area contributed by atoms with Crippen LogP contribution in [0, 0.1) is 6.92 Å². The molecule has 82 valence electrons. The van der Waals surface area contributed by atoms with Gasteiger partial charge in [-0.2, -0.15) is 0 Å². The second-order valence-corrected chi connectivity index (χ2v) is 4.57. The van der Waals surface area contributed by atoms with E-state index in [0.29, 0.717) is 5.92 Å². The Morgan fingerprint density at radius 2 is 2.27 bits per heavy atom. The molecule has 1 heterocycles. The van der Waals surface area contributed by atoms with Gasteiger partial charge in [0.15, 0.2) is 0 Å². The minimum Gasteiger partial charge on any atom is -0.371 e. The van der Waals surface area contributed by atoms with Gasteiger partial charge in [-0.15, -0.1) is 0 Å². The maximum Gasteiger partial charge on any atom is 0.0403 e. The van der Waals surface area contributed by atoms with Crippen LogP contribution in [0.2, 0.25) is 0 Å². The lowest BCUT2D eigenvalue weighted by Gasteiger charge is -2.18. The highest BCUT2D eigenvalue weighted by atomic mass is 15.2. The maximum atomic E-state index is 6.05. The topological polar surface area (TPSA) is 29.3 Å². The van der Waals surface area contributed by atoms with Gasteiger partial charge in [0, 0.05) is 30.7 Å². The van der Waals surface area contributed by atoms with E-state index in [-0.39, 0.29) is 6.04 Å². The monoisotopic (exact) mass is 204 g/mol. The lowest BCUT2D eigenvalue weighted by Crippen LogP contribution is -2.30. The molecule has 1 aliphatic rings. The van der Waals surface area contributed by atoms with Crippen LogP contribution in [0.25, 0.3) is 0 Å². The summed E-state index contributed by atoms with van der Waals surface area (Å²) in [4.78, 5) is 2.42. The Labute approximate surface area is 92.1 Å². The molecular formula is C13H20N2. The number of nitrogens with zero attached hydrogens (tertiary/aromatic N) is 1. The molecule has 2 atom stereocenters. The molecule has 0 aliphatic carbocycles. The van der Waals surface area contributed by atoms with Crippen molar-refractivity contribution >= 4 is 5.69 Å². The van der Waals surface area contributed by atoms with E-state index in [1.165, 1.54) is 16.8 Å². The number of fused-ring (bicyclic) bond motifs is 1. The second-order valence-electron chi connectivity index (χ2n) is 4.57. The zero-order valence-electron chi connectivity index (χ0n) is 9.83. The largest absolute Gasteiger partial charge is 0.371 e. The molecule has 2 rings (SSSR count). The van der Waals surface area contributed by atoms with Gasteiger partial charge < -0.3 is 10.6 Å². The average molecular weight is 204 g/mol. The Hall–Kier alpha value is -1.02. The van der Waals surface area contributed by atoms with Crippen molar-refractivity contribution in [1.29, 1.82) is 0 Å². The molecule has 2 unspecified atom stereocenters. The van der Waals surface area contributed by atoms with E-state index in [1.807, 2.05) is 0 Å². The zero-order chi connectivity index (χ0) is 11.0. The van der Waals surface area contributed by atoms with Gasteiger partial charge in [-0.05, 0) is 32.4 Å². The Bertz CT molecular complexity index is 358. The summed E-state index contributed by atoms with van der Waals surface area (Å²) >= 11 is 0. The van der Waals surface area contributed by atoms with Crippen molar-refractivity contribution in [1.82, 2.24) is 0 Å². The predicted molar refractivity (Wildman–Crippen MR) is 65.5 cm³/mol. The fourth-order valence-electron chi connectivity index (χ4n) is 2.44. The molecule has 2 nitrogen and oxygen atoms in total. The van der Waals surface area contributed by atoms with Crippen LogP contribution in [0.1, 0.15) is 30.9 Å². The van der Waals surface area contributed by atoms with E-state index in [9.17, 15) is 0 Å². The van der Waals surface area contributed by atoms with Gasteiger partial charge >= 0.3 is 0 Å². The Morgan fingerprint density at radius 1 is 1.53 bits per heavy atom. The molecule has 1 aliphatic heterocycles. The van der Waals surface area contributed by atoms with Crippen molar-refractivity contribution in [2.45, 2.75) is 32.7 Å². The van der Waals surface area contributed by atoms with Crippen molar-refractivity contribution in [2.75, 3.05) is 18.0 Å². The fraction of sp³-hybridized carbons (Fsp3) is 0.538. The van der Waals surface area contributed by atoms with E-state index >= 15 is 0 Å². The Balaban J connectivity index is 2.43. The van der Waals surface area contributed by atoms with E-state index in [1.54, 1.807) is 0 Å². The van der Waals surface area contributed by atoms with Crippen LogP contribution in [0.3, 0.4) is 0 Å². The van der Waals surface area contributed by atoms with Crippen LogP contribution >= 0.6 is 0 Å². The normalized spacial score (nSPS) is 21.6. The number of hydrogen-bond acceptors (Lipinski definition) is 2. The van der Waals surface area contributed by atoms with Gasteiger partial charge in [0.1, 0.15) is 0 Å². The number of aryl methyl sites for hydroxylation is 1. The minimum absolute atomic E-state index is 0.238. The number of nitrogens with two attached hydrogens (primary N) is 1. The van der Waals surface area contributed by atoms with Crippen molar-refractivity contribution in [3.63, 3.8) is 0 Å². The first-order valence-electron chi connectivity index (χ1n) is 5.74. The number of hydrogen-bond donors (Lipinski definition) is 1. The zero-order valence-corrected chi connectivity index (χ0v) is 9.83. The van der Waals surface area contributed by atoms with Gasteiger partial charge in [0.05, 0.1) is 0 Å². The van der Waals surface area contributed by atoms with Crippen LogP contribution in [0.5, 0.6) is 0 Å². The van der Waals surface area contributed by atoms with E-state index in [0.717, 1.165) is 13.1 Å². The summed E-state index contributed by atoms with van der Waals surface area (Å²) in [6.45, 7) is 8.60. The van der Waals surface area contributed by atoms with Crippen LogP contribution in [-0.2, 0) is 0 Å². The molecule has 0 bridgehead atoms. The molecule has 0 spiro atoms. The summed E-state index contributed by atoms with van der Waals surface area (Å²) in [6.07, 6.45) is 0. The van der Waals surface area contributed by atoms with Gasteiger partial charge in [0.2, 0.25) is 0 Å². The van der Waals surface area contributed by atoms with Crippen molar-refractivity contribution in [3.05, 3.63) is 29.3 Å². The Kier molecular flexibility index (Phi) is 2.70. The van der Waals surface area contributed by atoms with Gasteiger partial charge in [0.25, 0.3) is 0 Å². The highest BCUT2D eigenvalue weighted by Crippen LogP contribution is 2.37. The lowest BCUT2D eigenvalue weighted by atomic mass is 9.94. The molecule has 2 N–H and O–H groups in total. The summed E-state index contributed by atoms with van der Waals surface area (Å²) < 4.78 is 0. The summed E-state index contributed by atoms with van der Waals surface area (Å²) in [5.41, 5.74) is 10.2. The second kappa shape index (κ2) is 3.86. The third-order valence-electron chi connectivity index (χ3n) is 3.36. The third-order valence-corrected chi connectivity index (χ3v) is 3.36. The maximum absolute atomic E-state index is 6.05. The van der Waals surface area contributed by atoms with Crippen molar-refractivity contribution in [3.8, 4) is 0 Å². The molecule has 0 radical (unpaired) electrons. The van der Waals surface area contributed by atoms with E-state index < -0.39 is 0 Å². The molecule has 0 amide bonds. The SMILES string of the molecule is CCN1CC(C(C)N)c2cc(C)ccc21. The molecular weight excluding hydrogens is 184 g/mol. The highest BCUT2D eigenvalue weighted by Gasteiger charge is 2.29. The fourth-order valence-corrected chi connectivity index (χ4v) is 2.44. The first-order chi connectivity index (χ1) is 7.13. The number of rotatable bonds is 2. The molecule has 2 heteroatoms.